The minimum atomic E-state index is -1.23. The molecular formula is C34H40N6O5. The molecule has 1 aliphatic heterocycles. The number of aliphatic imine (C=N–C) groups is 1. The molecule has 2 unspecified atom stereocenters. The number of aliphatic hydroxyl groups excluding tert-OH is 2. The molecule has 0 spiro atoms. The predicted octanol–water partition coefficient (Wildman–Crippen LogP) is 3.93. The Labute approximate surface area is 261 Å². The third-order valence-corrected chi connectivity index (χ3v) is 9.32. The number of ether oxygens (including phenoxy) is 1. The van der Waals surface area contributed by atoms with Crippen LogP contribution in [-0.4, -0.2) is 60.4 Å². The Morgan fingerprint density at radius 1 is 1.04 bits per heavy atom. The molecular weight excluding hydrogens is 572 g/mol. The van der Waals surface area contributed by atoms with Crippen LogP contribution in [0.3, 0.4) is 0 Å². The fourth-order valence-corrected chi connectivity index (χ4v) is 6.74. The normalized spacial score (nSPS) is 22.4. The van der Waals surface area contributed by atoms with Crippen LogP contribution in [-0.2, 0) is 22.4 Å². The van der Waals surface area contributed by atoms with Gasteiger partial charge in [0, 0.05) is 23.6 Å². The summed E-state index contributed by atoms with van der Waals surface area (Å²) >= 11 is 0. The number of amidine groups is 1. The zero-order chi connectivity index (χ0) is 30.9. The van der Waals surface area contributed by atoms with Crippen molar-refractivity contribution in [1.82, 2.24) is 24.6 Å². The van der Waals surface area contributed by atoms with Gasteiger partial charge in [0.05, 0.1) is 24.5 Å². The summed E-state index contributed by atoms with van der Waals surface area (Å²) in [5.41, 5.74) is 8.16. The molecule has 0 amide bonds. The van der Waals surface area contributed by atoms with Crippen LogP contribution in [0.1, 0.15) is 80.3 Å². The maximum absolute atomic E-state index is 14.3. The van der Waals surface area contributed by atoms with Crippen molar-refractivity contribution < 1.29 is 19.8 Å². The monoisotopic (exact) mass is 612 g/mol. The smallest absolute Gasteiger partial charge is 0.280 e. The lowest BCUT2D eigenvalue weighted by atomic mass is 9.92. The average molecular weight is 613 g/mol. The molecule has 3 heterocycles. The van der Waals surface area contributed by atoms with Gasteiger partial charge in [-0.05, 0) is 67.6 Å². The van der Waals surface area contributed by atoms with E-state index in [4.69, 9.17) is 9.57 Å². The van der Waals surface area contributed by atoms with Gasteiger partial charge in [0.2, 0.25) is 5.78 Å². The number of rotatable bonds is 11. The van der Waals surface area contributed by atoms with Gasteiger partial charge >= 0.3 is 0 Å². The number of nitrogens with zero attached hydrogens (tertiary/aromatic N) is 5. The minimum absolute atomic E-state index is 0.00535. The number of fused-ring (bicyclic) bond motifs is 1. The van der Waals surface area contributed by atoms with Gasteiger partial charge in [-0.15, -0.1) is 0 Å². The van der Waals surface area contributed by atoms with E-state index in [2.05, 4.69) is 51.7 Å². The van der Waals surface area contributed by atoms with Crippen molar-refractivity contribution in [3.8, 4) is 11.1 Å². The topological polar surface area (TPSA) is 136 Å². The number of hydrogen-bond acceptors (Lipinski definition) is 9. The molecule has 2 fully saturated rings. The summed E-state index contributed by atoms with van der Waals surface area (Å²) in [7, 11) is 0. The quantitative estimate of drug-likeness (QED) is 0.232. The highest BCUT2D eigenvalue weighted by atomic mass is 16.7. The zero-order valence-corrected chi connectivity index (χ0v) is 25.5. The zero-order valence-electron chi connectivity index (χ0n) is 25.5. The lowest BCUT2D eigenvalue weighted by molar-refractivity contribution is -0.102. The van der Waals surface area contributed by atoms with E-state index in [1.165, 1.54) is 0 Å². The summed E-state index contributed by atoms with van der Waals surface area (Å²) in [6.07, 6.45) is 7.66. The van der Waals surface area contributed by atoms with E-state index in [0.29, 0.717) is 30.6 Å². The van der Waals surface area contributed by atoms with E-state index >= 15 is 0 Å². The van der Waals surface area contributed by atoms with Crippen LogP contribution < -0.4 is 11.0 Å². The molecule has 2 atom stereocenters. The molecule has 45 heavy (non-hydrogen) atoms. The third-order valence-electron chi connectivity index (χ3n) is 9.32. The molecule has 4 aromatic rings. The average Bonchev–Trinajstić information content (AvgIpc) is 3.66. The third kappa shape index (κ3) is 6.17. The van der Waals surface area contributed by atoms with Crippen molar-refractivity contribution >= 4 is 11.6 Å². The van der Waals surface area contributed by atoms with Crippen LogP contribution in [0.4, 0.5) is 0 Å². The van der Waals surface area contributed by atoms with Crippen molar-refractivity contribution in [3.63, 3.8) is 0 Å². The lowest BCUT2D eigenvalue weighted by Crippen LogP contribution is -2.35. The second-order valence-electron chi connectivity index (χ2n) is 12.4. The highest BCUT2D eigenvalue weighted by Crippen LogP contribution is 2.35. The van der Waals surface area contributed by atoms with E-state index in [0.717, 1.165) is 84.9 Å². The molecule has 2 aliphatic carbocycles. The molecule has 7 rings (SSSR count). The summed E-state index contributed by atoms with van der Waals surface area (Å²) in [6, 6.07) is 16.1. The molecule has 0 saturated heterocycles. The first-order chi connectivity index (χ1) is 22.0. The van der Waals surface area contributed by atoms with Gasteiger partial charge in [0.1, 0.15) is 6.33 Å². The Morgan fingerprint density at radius 3 is 2.49 bits per heavy atom. The number of hydrogen-bond donors (Lipinski definition) is 3. The second-order valence-corrected chi connectivity index (χ2v) is 12.4. The summed E-state index contributed by atoms with van der Waals surface area (Å²) in [5, 5.41) is 24.5. The maximum atomic E-state index is 14.3. The molecule has 2 aromatic heterocycles. The van der Waals surface area contributed by atoms with Crippen molar-refractivity contribution in [2.45, 2.75) is 89.4 Å². The predicted molar refractivity (Wildman–Crippen MR) is 169 cm³/mol. The SMILES string of the molecule is CCCc1c(Cc2ccc(-c3ccccc3C3=NC(O)ON3)cc2)c(=O)n(C2CCC(OCC(O)C3CC3)CC2)c2ncnn12. The Bertz CT molecular complexity index is 1740. The van der Waals surface area contributed by atoms with E-state index < -0.39 is 6.41 Å². The first-order valence-electron chi connectivity index (χ1n) is 16.1. The molecule has 0 bridgehead atoms. The van der Waals surface area contributed by atoms with Gasteiger partial charge in [-0.1, -0.05) is 61.9 Å². The van der Waals surface area contributed by atoms with Crippen molar-refractivity contribution in [1.29, 1.82) is 0 Å². The summed E-state index contributed by atoms with van der Waals surface area (Å²) < 4.78 is 9.81. The van der Waals surface area contributed by atoms with E-state index in [1.807, 2.05) is 33.3 Å². The molecule has 3 N–H and O–H groups in total. The summed E-state index contributed by atoms with van der Waals surface area (Å²) in [4.78, 5) is 28.0. The van der Waals surface area contributed by atoms with Crippen LogP contribution in [0.15, 0.2) is 64.6 Å². The fraction of sp³-hybridized carbons (Fsp3) is 0.471. The molecule has 11 heteroatoms. The van der Waals surface area contributed by atoms with Crippen molar-refractivity contribution in [2.24, 2.45) is 10.9 Å². The van der Waals surface area contributed by atoms with E-state index in [-0.39, 0.29) is 23.8 Å². The van der Waals surface area contributed by atoms with Gasteiger partial charge in [-0.25, -0.2) is 19.8 Å². The first-order valence-corrected chi connectivity index (χ1v) is 16.1. The molecule has 0 radical (unpaired) electrons. The maximum Gasteiger partial charge on any atom is 0.280 e. The van der Waals surface area contributed by atoms with E-state index in [9.17, 15) is 15.0 Å². The first kappa shape index (κ1) is 29.8. The highest BCUT2D eigenvalue weighted by molar-refractivity contribution is 6.04. The van der Waals surface area contributed by atoms with Gasteiger partial charge in [-0.3, -0.25) is 9.36 Å². The molecule has 2 aromatic carbocycles. The van der Waals surface area contributed by atoms with E-state index in [1.54, 1.807) is 6.33 Å². The van der Waals surface area contributed by atoms with Crippen LogP contribution in [0.2, 0.25) is 0 Å². The van der Waals surface area contributed by atoms with Gasteiger partial charge in [0.15, 0.2) is 5.84 Å². The summed E-state index contributed by atoms with van der Waals surface area (Å²) in [5.74, 6) is 1.48. The largest absolute Gasteiger partial charge is 0.390 e. The number of aliphatic hydroxyl groups is 2. The Balaban J connectivity index is 1.15. The van der Waals surface area contributed by atoms with Gasteiger partial charge in [0.25, 0.3) is 12.0 Å². The second kappa shape index (κ2) is 12.8. The molecule has 3 aliphatic rings. The molecule has 11 nitrogen and oxygen atoms in total. The van der Waals surface area contributed by atoms with Crippen molar-refractivity contribution in [2.75, 3.05) is 6.61 Å². The summed E-state index contributed by atoms with van der Waals surface area (Å²) in [6.45, 7) is 2.51. The van der Waals surface area contributed by atoms with Crippen molar-refractivity contribution in [3.05, 3.63) is 87.6 Å². The number of nitrogens with one attached hydrogen (secondary N) is 1. The number of aryl methyl sites for hydroxylation is 1. The van der Waals surface area contributed by atoms with Crippen LogP contribution in [0, 0.1) is 5.92 Å². The fourth-order valence-electron chi connectivity index (χ4n) is 6.74. The lowest BCUT2D eigenvalue weighted by Gasteiger charge is -2.31. The van der Waals surface area contributed by atoms with Crippen LogP contribution in [0.25, 0.3) is 16.9 Å². The number of aromatic nitrogens is 4. The molecule has 2 saturated carbocycles. The standard InChI is InChI=1S/C34H40N6O5/c1-2-5-29-28(18-21-8-10-22(11-9-21)26-6-3-4-7-27(26)31-37-34(43)45-38-31)32(42)39(33-35-20-36-40(29)33)24-14-16-25(17-15-24)44-19-30(41)23-12-13-23/h3-4,6-11,20,23-25,30,34,41,43H,2,5,12-19H2,1H3,(H,37,38). The van der Waals surface area contributed by atoms with Gasteiger partial charge in [-0.2, -0.15) is 10.1 Å². The number of benzene rings is 2. The Kier molecular flexibility index (Phi) is 8.50. The van der Waals surface area contributed by atoms with Gasteiger partial charge < -0.3 is 14.9 Å². The molecule has 236 valence electrons. The number of hydroxylamine groups is 1. The Morgan fingerprint density at radius 2 is 1.80 bits per heavy atom. The minimum Gasteiger partial charge on any atom is -0.390 e. The van der Waals surface area contributed by atoms with Crippen LogP contribution in [0.5, 0.6) is 0 Å². The highest BCUT2D eigenvalue weighted by Gasteiger charge is 2.32. The van der Waals surface area contributed by atoms with Crippen LogP contribution >= 0.6 is 0 Å². The Hall–Kier alpha value is -3.90.